The number of nitrogens with zero attached hydrogens (tertiary/aromatic N) is 3. The summed E-state index contributed by atoms with van der Waals surface area (Å²) >= 11 is 0.854. The lowest BCUT2D eigenvalue weighted by Gasteiger charge is -1.88. The van der Waals surface area contributed by atoms with E-state index in [0.29, 0.717) is 0 Å². The van der Waals surface area contributed by atoms with Crippen LogP contribution in [0.4, 0.5) is 0 Å². The van der Waals surface area contributed by atoms with Crippen LogP contribution in [-0.2, 0) is 0 Å². The lowest BCUT2D eigenvalue weighted by atomic mass is 10.4. The molecule has 0 aromatic carbocycles. The Morgan fingerprint density at radius 1 is 1.54 bits per heavy atom. The van der Waals surface area contributed by atoms with Gasteiger partial charge in [-0.3, -0.25) is 10.1 Å². The molecule has 68 valence electrons. The maximum Gasteiger partial charge on any atom is 0.195 e. The van der Waals surface area contributed by atoms with Crippen molar-refractivity contribution in [3.05, 3.63) is 30.1 Å². The number of rotatable bonds is 2. The van der Waals surface area contributed by atoms with Crippen molar-refractivity contribution in [2.24, 2.45) is 21.1 Å². The minimum absolute atomic E-state index is 0.215. The summed E-state index contributed by atoms with van der Waals surface area (Å²) in [5.74, 6) is 0. The van der Waals surface area contributed by atoms with Crippen molar-refractivity contribution in [2.45, 2.75) is 0 Å². The SMILES string of the molecule is NSC(N)=NN=Cc1ccccn1. The summed E-state index contributed by atoms with van der Waals surface area (Å²) in [5.41, 5.74) is 6.01. The predicted molar refractivity (Wildman–Crippen MR) is 55.2 cm³/mol. The van der Waals surface area contributed by atoms with Gasteiger partial charge in [-0.05, 0) is 24.1 Å². The van der Waals surface area contributed by atoms with Crippen LogP contribution < -0.4 is 10.9 Å². The summed E-state index contributed by atoms with van der Waals surface area (Å²) in [7, 11) is 0. The van der Waals surface area contributed by atoms with Crippen molar-refractivity contribution in [3.63, 3.8) is 0 Å². The van der Waals surface area contributed by atoms with Crippen LogP contribution in [0.1, 0.15) is 5.69 Å². The van der Waals surface area contributed by atoms with Gasteiger partial charge in [-0.1, -0.05) is 6.07 Å². The van der Waals surface area contributed by atoms with E-state index in [9.17, 15) is 0 Å². The highest BCUT2D eigenvalue weighted by Gasteiger charge is 1.85. The first kappa shape index (κ1) is 9.69. The number of hydrogen-bond donors (Lipinski definition) is 2. The third-order valence-corrected chi connectivity index (χ3v) is 1.48. The van der Waals surface area contributed by atoms with Gasteiger partial charge in [0.25, 0.3) is 0 Å². The fourth-order valence-corrected chi connectivity index (χ4v) is 0.715. The molecule has 0 saturated heterocycles. The van der Waals surface area contributed by atoms with Crippen LogP contribution in [0.5, 0.6) is 0 Å². The van der Waals surface area contributed by atoms with Crippen LogP contribution in [-0.4, -0.2) is 16.4 Å². The van der Waals surface area contributed by atoms with Crippen molar-refractivity contribution in [3.8, 4) is 0 Å². The standard InChI is InChI=1S/C7H9N5S/c8-7(13-9)12-11-5-6-3-1-2-4-10-6/h1-5H,9H2,(H2,8,12). The quantitative estimate of drug-likeness (QED) is 0.308. The van der Waals surface area contributed by atoms with Crippen LogP contribution in [0, 0.1) is 0 Å². The predicted octanol–water partition coefficient (Wildman–Crippen LogP) is 0.337. The zero-order chi connectivity index (χ0) is 9.52. The number of aromatic nitrogens is 1. The molecular weight excluding hydrogens is 186 g/mol. The van der Waals surface area contributed by atoms with E-state index >= 15 is 0 Å². The van der Waals surface area contributed by atoms with E-state index < -0.39 is 0 Å². The average Bonchev–Trinajstić information content (AvgIpc) is 2.19. The lowest BCUT2D eigenvalue weighted by Crippen LogP contribution is -2.08. The third kappa shape index (κ3) is 3.68. The first-order valence-corrected chi connectivity index (χ1v) is 4.35. The van der Waals surface area contributed by atoms with Gasteiger partial charge in [0, 0.05) is 6.20 Å². The van der Waals surface area contributed by atoms with E-state index in [-0.39, 0.29) is 5.17 Å². The molecule has 1 aromatic heterocycles. The highest BCUT2D eigenvalue weighted by molar-refractivity contribution is 8.11. The summed E-state index contributed by atoms with van der Waals surface area (Å²) in [4.78, 5) is 4.00. The Hall–Kier alpha value is -1.40. The summed E-state index contributed by atoms with van der Waals surface area (Å²) in [6.45, 7) is 0. The van der Waals surface area contributed by atoms with Crippen molar-refractivity contribution < 1.29 is 0 Å². The van der Waals surface area contributed by atoms with Crippen molar-refractivity contribution >= 4 is 23.3 Å². The second-order valence-corrected chi connectivity index (χ2v) is 2.71. The van der Waals surface area contributed by atoms with Crippen LogP contribution in [0.15, 0.2) is 34.6 Å². The van der Waals surface area contributed by atoms with E-state index in [1.165, 1.54) is 6.21 Å². The fraction of sp³-hybridized carbons (Fsp3) is 0. The minimum Gasteiger partial charge on any atom is -0.376 e. The number of nitrogens with two attached hydrogens (primary N) is 2. The Morgan fingerprint density at radius 3 is 3.00 bits per heavy atom. The van der Waals surface area contributed by atoms with Gasteiger partial charge >= 0.3 is 0 Å². The van der Waals surface area contributed by atoms with E-state index in [0.717, 1.165) is 17.6 Å². The molecule has 4 N–H and O–H groups in total. The number of pyridine rings is 1. The Morgan fingerprint density at radius 2 is 2.38 bits per heavy atom. The highest BCUT2D eigenvalue weighted by Crippen LogP contribution is 1.90. The van der Waals surface area contributed by atoms with Gasteiger partial charge in [0.15, 0.2) is 5.17 Å². The minimum atomic E-state index is 0.215. The molecule has 0 aliphatic heterocycles. The number of hydrogen-bond acceptors (Lipinski definition) is 5. The molecule has 1 rings (SSSR count). The molecule has 0 aliphatic carbocycles. The van der Waals surface area contributed by atoms with Crippen LogP contribution in [0.3, 0.4) is 0 Å². The Kier molecular flexibility index (Phi) is 3.94. The van der Waals surface area contributed by atoms with Crippen molar-refractivity contribution in [1.82, 2.24) is 4.98 Å². The molecule has 0 unspecified atom stereocenters. The van der Waals surface area contributed by atoms with E-state index in [4.69, 9.17) is 10.9 Å². The fourth-order valence-electron chi connectivity index (χ4n) is 0.621. The van der Waals surface area contributed by atoms with E-state index in [1.807, 2.05) is 18.2 Å². The summed E-state index contributed by atoms with van der Waals surface area (Å²) in [5, 5.41) is 12.6. The van der Waals surface area contributed by atoms with Gasteiger partial charge in [-0.15, -0.1) is 5.10 Å². The molecule has 0 bridgehead atoms. The smallest absolute Gasteiger partial charge is 0.195 e. The van der Waals surface area contributed by atoms with Crippen molar-refractivity contribution in [2.75, 3.05) is 0 Å². The molecule has 0 atom stereocenters. The van der Waals surface area contributed by atoms with Crippen LogP contribution in [0.25, 0.3) is 0 Å². The summed E-state index contributed by atoms with van der Waals surface area (Å²) in [6.07, 6.45) is 3.18. The molecule has 0 saturated carbocycles. The molecular formula is C7H9N5S. The molecule has 1 aromatic rings. The highest BCUT2D eigenvalue weighted by atomic mass is 32.2. The summed E-state index contributed by atoms with van der Waals surface area (Å²) in [6, 6.07) is 5.49. The molecule has 0 fully saturated rings. The molecule has 5 nitrogen and oxygen atoms in total. The van der Waals surface area contributed by atoms with Crippen molar-refractivity contribution in [1.29, 1.82) is 0 Å². The largest absolute Gasteiger partial charge is 0.376 e. The monoisotopic (exact) mass is 195 g/mol. The Labute approximate surface area is 80.1 Å². The maximum atomic E-state index is 5.29. The molecule has 0 amide bonds. The number of amidine groups is 1. The van der Waals surface area contributed by atoms with Gasteiger partial charge < -0.3 is 5.73 Å². The van der Waals surface area contributed by atoms with E-state index in [1.54, 1.807) is 6.20 Å². The van der Waals surface area contributed by atoms with Gasteiger partial charge in [-0.25, -0.2) is 0 Å². The van der Waals surface area contributed by atoms with Gasteiger partial charge in [0.1, 0.15) is 0 Å². The summed E-state index contributed by atoms with van der Waals surface area (Å²) < 4.78 is 0. The van der Waals surface area contributed by atoms with Crippen LogP contribution >= 0.6 is 11.9 Å². The normalized spacial score (nSPS) is 12.2. The van der Waals surface area contributed by atoms with Gasteiger partial charge in [0.2, 0.25) is 0 Å². The first-order valence-electron chi connectivity index (χ1n) is 3.47. The van der Waals surface area contributed by atoms with Gasteiger partial charge in [-0.2, -0.15) is 5.10 Å². The second kappa shape index (κ2) is 5.28. The van der Waals surface area contributed by atoms with Gasteiger partial charge in [0.05, 0.1) is 11.9 Å². The Bertz CT molecular complexity index is 308. The maximum absolute atomic E-state index is 5.29. The molecule has 0 aliphatic rings. The zero-order valence-corrected chi connectivity index (χ0v) is 7.61. The molecule has 1 heterocycles. The lowest BCUT2D eigenvalue weighted by molar-refractivity contribution is 1.23. The second-order valence-electron chi connectivity index (χ2n) is 2.06. The molecule has 0 radical (unpaired) electrons. The van der Waals surface area contributed by atoms with Crippen LogP contribution in [0.2, 0.25) is 0 Å². The first-order chi connectivity index (χ1) is 6.33. The van der Waals surface area contributed by atoms with E-state index in [2.05, 4.69) is 15.2 Å². The third-order valence-electron chi connectivity index (χ3n) is 1.15. The molecule has 13 heavy (non-hydrogen) atoms. The Balaban J connectivity index is 2.60. The molecule has 0 spiro atoms. The topological polar surface area (TPSA) is 89.7 Å². The molecule has 6 heteroatoms. The average molecular weight is 195 g/mol. The zero-order valence-electron chi connectivity index (χ0n) is 6.79.